The van der Waals surface area contributed by atoms with Crippen LogP contribution in [0.25, 0.3) is 0 Å². The molecule has 2 aromatic rings. The molecule has 0 aromatic heterocycles. The van der Waals surface area contributed by atoms with Crippen LogP contribution in [0.15, 0.2) is 46.9 Å². The monoisotopic (exact) mass is 294 g/mol. The van der Waals surface area contributed by atoms with Gasteiger partial charge in [0, 0.05) is 4.47 Å². The van der Waals surface area contributed by atoms with E-state index in [1.165, 1.54) is 6.07 Å². The minimum absolute atomic E-state index is 0.298. The molecule has 0 radical (unpaired) electrons. The largest absolute Gasteiger partial charge is 0.384 e. The van der Waals surface area contributed by atoms with Crippen molar-refractivity contribution in [3.8, 4) is 0 Å². The van der Waals surface area contributed by atoms with E-state index in [2.05, 4.69) is 15.9 Å². The van der Waals surface area contributed by atoms with Crippen molar-refractivity contribution in [1.82, 2.24) is 0 Å². The maximum atomic E-state index is 13.4. The van der Waals surface area contributed by atoms with E-state index in [-0.39, 0.29) is 5.82 Å². The molecule has 0 saturated carbocycles. The first-order chi connectivity index (χ1) is 8.11. The summed E-state index contributed by atoms with van der Waals surface area (Å²) in [5.74, 6) is -0.298. The zero-order valence-corrected chi connectivity index (χ0v) is 10.9. The van der Waals surface area contributed by atoms with Gasteiger partial charge in [0.2, 0.25) is 0 Å². The molecule has 0 aliphatic heterocycles. The predicted octanol–water partition coefficient (Wildman–Crippen LogP) is 3.98. The van der Waals surface area contributed by atoms with E-state index in [1.807, 2.05) is 24.3 Å². The normalized spacial score (nSPS) is 12.5. The van der Waals surface area contributed by atoms with Crippen LogP contribution < -0.4 is 0 Å². The predicted molar refractivity (Wildman–Crippen MR) is 69.3 cm³/mol. The van der Waals surface area contributed by atoms with Crippen LogP contribution in [0.2, 0.25) is 0 Å². The Kier molecular flexibility index (Phi) is 3.60. The smallest absolute Gasteiger partial charge is 0.126 e. The van der Waals surface area contributed by atoms with Gasteiger partial charge in [-0.1, -0.05) is 46.3 Å². The van der Waals surface area contributed by atoms with Crippen LogP contribution >= 0.6 is 15.9 Å². The second-order valence-electron chi connectivity index (χ2n) is 3.88. The van der Waals surface area contributed by atoms with Crippen molar-refractivity contribution >= 4 is 15.9 Å². The Morgan fingerprint density at radius 3 is 2.41 bits per heavy atom. The molecule has 0 fully saturated rings. The summed E-state index contributed by atoms with van der Waals surface area (Å²) in [6.45, 7) is 1.67. The molecular weight excluding hydrogens is 283 g/mol. The van der Waals surface area contributed by atoms with Gasteiger partial charge in [-0.05, 0) is 35.7 Å². The summed E-state index contributed by atoms with van der Waals surface area (Å²) in [5.41, 5.74) is 1.81. The first-order valence-corrected chi connectivity index (χ1v) is 6.08. The summed E-state index contributed by atoms with van der Waals surface area (Å²) in [6.07, 6.45) is -0.818. The third-order valence-corrected chi connectivity index (χ3v) is 3.53. The van der Waals surface area contributed by atoms with Crippen molar-refractivity contribution in [2.24, 2.45) is 0 Å². The number of benzene rings is 2. The molecule has 1 unspecified atom stereocenters. The van der Waals surface area contributed by atoms with Crippen LogP contribution in [-0.2, 0) is 0 Å². The van der Waals surface area contributed by atoms with Gasteiger partial charge < -0.3 is 5.11 Å². The van der Waals surface area contributed by atoms with Gasteiger partial charge in [0.05, 0.1) is 0 Å². The molecule has 17 heavy (non-hydrogen) atoms. The molecule has 0 aliphatic rings. The molecule has 1 nitrogen and oxygen atoms in total. The molecule has 1 N–H and O–H groups in total. The van der Waals surface area contributed by atoms with Gasteiger partial charge in [-0.3, -0.25) is 0 Å². The highest BCUT2D eigenvalue weighted by Gasteiger charge is 2.16. The third kappa shape index (κ3) is 2.40. The van der Waals surface area contributed by atoms with Crippen molar-refractivity contribution in [2.45, 2.75) is 13.0 Å². The molecule has 0 amide bonds. The van der Waals surface area contributed by atoms with E-state index in [9.17, 15) is 9.50 Å². The zero-order valence-electron chi connectivity index (χ0n) is 9.32. The lowest BCUT2D eigenvalue weighted by molar-refractivity contribution is 0.218. The molecule has 1 atom stereocenters. The Balaban J connectivity index is 2.48. The van der Waals surface area contributed by atoms with Gasteiger partial charge in [-0.25, -0.2) is 4.39 Å². The third-order valence-electron chi connectivity index (χ3n) is 2.80. The average molecular weight is 295 g/mol. The maximum absolute atomic E-state index is 13.4. The highest BCUT2D eigenvalue weighted by Crippen LogP contribution is 2.30. The standard InChI is InChI=1S/C14H12BrFO/c1-9-10(6-4-8-13(9)16)14(17)11-5-2-3-7-12(11)15/h2-8,14,17H,1H3. The fraction of sp³-hybridized carbons (Fsp3) is 0.143. The van der Waals surface area contributed by atoms with Gasteiger partial charge >= 0.3 is 0 Å². The number of hydrogen-bond donors (Lipinski definition) is 1. The fourth-order valence-corrected chi connectivity index (χ4v) is 2.29. The minimum atomic E-state index is -0.818. The first kappa shape index (κ1) is 12.3. The number of aliphatic hydroxyl groups is 1. The summed E-state index contributed by atoms with van der Waals surface area (Å²) in [6, 6.07) is 12.1. The Bertz CT molecular complexity index is 539. The Labute approximate surface area is 108 Å². The summed E-state index contributed by atoms with van der Waals surface area (Å²) in [7, 11) is 0. The van der Waals surface area contributed by atoms with E-state index in [0.29, 0.717) is 11.1 Å². The number of halogens is 2. The lowest BCUT2D eigenvalue weighted by Crippen LogP contribution is -2.04. The van der Waals surface area contributed by atoms with E-state index in [4.69, 9.17) is 0 Å². The lowest BCUT2D eigenvalue weighted by Gasteiger charge is -2.15. The fourth-order valence-electron chi connectivity index (χ4n) is 1.78. The maximum Gasteiger partial charge on any atom is 0.126 e. The van der Waals surface area contributed by atoms with Gasteiger partial charge in [0.25, 0.3) is 0 Å². The minimum Gasteiger partial charge on any atom is -0.384 e. The molecule has 2 rings (SSSR count). The van der Waals surface area contributed by atoms with E-state index in [0.717, 1.165) is 10.0 Å². The molecule has 3 heteroatoms. The van der Waals surface area contributed by atoms with E-state index < -0.39 is 6.10 Å². The number of hydrogen-bond acceptors (Lipinski definition) is 1. The quantitative estimate of drug-likeness (QED) is 0.888. The molecule has 0 aliphatic carbocycles. The topological polar surface area (TPSA) is 20.2 Å². The van der Waals surface area contributed by atoms with Gasteiger partial charge in [0.1, 0.15) is 11.9 Å². The Morgan fingerprint density at radius 2 is 1.71 bits per heavy atom. The summed E-state index contributed by atoms with van der Waals surface area (Å²) in [5, 5.41) is 10.3. The van der Waals surface area contributed by atoms with Crippen molar-refractivity contribution in [2.75, 3.05) is 0 Å². The van der Waals surface area contributed by atoms with E-state index >= 15 is 0 Å². The second kappa shape index (κ2) is 4.98. The van der Waals surface area contributed by atoms with Crippen molar-refractivity contribution in [1.29, 1.82) is 0 Å². The van der Waals surface area contributed by atoms with Gasteiger partial charge in [0.15, 0.2) is 0 Å². The van der Waals surface area contributed by atoms with Crippen molar-refractivity contribution in [3.05, 3.63) is 69.4 Å². The highest BCUT2D eigenvalue weighted by molar-refractivity contribution is 9.10. The SMILES string of the molecule is Cc1c(F)cccc1C(O)c1ccccc1Br. The van der Waals surface area contributed by atoms with Crippen LogP contribution in [0, 0.1) is 12.7 Å². The molecule has 0 heterocycles. The second-order valence-corrected chi connectivity index (χ2v) is 4.73. The van der Waals surface area contributed by atoms with Crippen LogP contribution in [0.3, 0.4) is 0 Å². The molecule has 88 valence electrons. The van der Waals surface area contributed by atoms with Gasteiger partial charge in [-0.15, -0.1) is 0 Å². The summed E-state index contributed by atoms with van der Waals surface area (Å²) in [4.78, 5) is 0. The Hall–Kier alpha value is -1.19. The van der Waals surface area contributed by atoms with E-state index in [1.54, 1.807) is 19.1 Å². The first-order valence-electron chi connectivity index (χ1n) is 5.28. The van der Waals surface area contributed by atoms with Crippen LogP contribution in [0.4, 0.5) is 4.39 Å². The Morgan fingerprint density at radius 1 is 1.06 bits per heavy atom. The molecule has 0 saturated heterocycles. The lowest BCUT2D eigenvalue weighted by atomic mass is 9.97. The van der Waals surface area contributed by atoms with Crippen LogP contribution in [0.5, 0.6) is 0 Å². The summed E-state index contributed by atoms with van der Waals surface area (Å²) >= 11 is 3.38. The highest BCUT2D eigenvalue weighted by atomic mass is 79.9. The molecule has 0 spiro atoms. The molecular formula is C14H12BrFO. The summed E-state index contributed by atoms with van der Waals surface area (Å²) < 4.78 is 14.2. The zero-order chi connectivity index (χ0) is 12.4. The van der Waals surface area contributed by atoms with Crippen LogP contribution in [-0.4, -0.2) is 5.11 Å². The van der Waals surface area contributed by atoms with Crippen molar-refractivity contribution < 1.29 is 9.50 Å². The van der Waals surface area contributed by atoms with Crippen molar-refractivity contribution in [3.63, 3.8) is 0 Å². The van der Waals surface area contributed by atoms with Gasteiger partial charge in [-0.2, -0.15) is 0 Å². The number of rotatable bonds is 2. The number of aliphatic hydroxyl groups excluding tert-OH is 1. The molecule has 2 aromatic carbocycles. The van der Waals surface area contributed by atoms with Crippen LogP contribution in [0.1, 0.15) is 22.8 Å². The molecule has 0 bridgehead atoms. The average Bonchev–Trinajstić information content (AvgIpc) is 2.32.